The molecule has 8 heteroatoms. The van der Waals surface area contributed by atoms with Crippen molar-refractivity contribution in [3.05, 3.63) is 36.0 Å². The van der Waals surface area contributed by atoms with Gasteiger partial charge in [-0.1, -0.05) is 20.8 Å². The van der Waals surface area contributed by atoms with Crippen molar-refractivity contribution >= 4 is 11.7 Å². The zero-order valence-electron chi connectivity index (χ0n) is 19.6. The number of allylic oxidation sites excluding steroid dienone is 1. The molecule has 0 radical (unpaired) electrons. The topological polar surface area (TPSA) is 66.5 Å². The number of ether oxygens (including phenoxy) is 5. The van der Waals surface area contributed by atoms with Crippen LogP contribution in [0.15, 0.2) is 30.2 Å². The molecule has 0 aromatic heterocycles. The molecule has 32 heavy (non-hydrogen) atoms. The molecule has 3 rings (SSSR count). The van der Waals surface area contributed by atoms with Crippen molar-refractivity contribution in [3.8, 4) is 5.75 Å². The molecule has 1 saturated heterocycles. The van der Waals surface area contributed by atoms with Crippen molar-refractivity contribution in [2.75, 3.05) is 25.2 Å². The molecule has 1 unspecified atom stereocenters. The first-order valence-electron chi connectivity index (χ1n) is 11.0. The lowest BCUT2D eigenvalue weighted by Gasteiger charge is -2.28. The van der Waals surface area contributed by atoms with Crippen LogP contribution in [0.5, 0.6) is 5.75 Å². The Morgan fingerprint density at radius 2 is 2.00 bits per heavy atom. The summed E-state index contributed by atoms with van der Waals surface area (Å²) in [4.78, 5) is 14.2. The summed E-state index contributed by atoms with van der Waals surface area (Å²) in [5.74, 6) is -1.31. The molecule has 1 fully saturated rings. The smallest absolute Gasteiger partial charge is 0.333 e. The van der Waals surface area contributed by atoms with Crippen LogP contribution in [0.4, 0.5) is 10.1 Å². The van der Waals surface area contributed by atoms with Gasteiger partial charge in [0.25, 0.3) is 0 Å². The number of halogens is 1. The predicted molar refractivity (Wildman–Crippen MR) is 117 cm³/mol. The summed E-state index contributed by atoms with van der Waals surface area (Å²) in [5.41, 5.74) is 1.31. The SMILES string of the molecule is COc1ccc(N2C(CCCC3(C)OCCO3)=COC2OC(=O)CCC(C)(C)C)cc1F. The number of anilines is 1. The first-order chi connectivity index (χ1) is 15.1. The van der Waals surface area contributed by atoms with E-state index in [1.807, 2.05) is 6.92 Å². The molecule has 2 aliphatic rings. The van der Waals surface area contributed by atoms with Gasteiger partial charge in [0.05, 0.1) is 31.7 Å². The molecule has 2 heterocycles. The molecule has 0 N–H and O–H groups in total. The van der Waals surface area contributed by atoms with E-state index in [1.165, 1.54) is 13.2 Å². The molecular formula is C24H34FNO6. The molecule has 0 bridgehead atoms. The number of esters is 1. The van der Waals surface area contributed by atoms with E-state index < -0.39 is 18.0 Å². The lowest BCUT2D eigenvalue weighted by molar-refractivity contribution is -0.166. The molecule has 2 aliphatic heterocycles. The highest BCUT2D eigenvalue weighted by Gasteiger charge is 2.35. The van der Waals surface area contributed by atoms with Gasteiger partial charge >= 0.3 is 12.4 Å². The fraction of sp³-hybridized carbons (Fsp3) is 0.625. The third-order valence-corrected chi connectivity index (χ3v) is 5.53. The van der Waals surface area contributed by atoms with Gasteiger partial charge in [-0.05, 0) is 43.7 Å². The number of carbonyl (C=O) groups excluding carboxylic acids is 1. The van der Waals surface area contributed by atoms with Crippen LogP contribution in [0, 0.1) is 11.2 Å². The summed E-state index contributed by atoms with van der Waals surface area (Å²) in [6.07, 6.45) is 3.62. The molecule has 178 valence electrons. The van der Waals surface area contributed by atoms with E-state index >= 15 is 0 Å². The van der Waals surface area contributed by atoms with E-state index in [0.29, 0.717) is 38.2 Å². The maximum atomic E-state index is 14.4. The summed E-state index contributed by atoms with van der Waals surface area (Å²) in [6.45, 7) is 9.30. The monoisotopic (exact) mass is 451 g/mol. The predicted octanol–water partition coefficient (Wildman–Crippen LogP) is 5.10. The summed E-state index contributed by atoms with van der Waals surface area (Å²) in [6, 6.07) is 4.60. The molecule has 1 aromatic rings. The van der Waals surface area contributed by atoms with Gasteiger partial charge in [0, 0.05) is 18.9 Å². The average molecular weight is 452 g/mol. The normalized spacial score (nSPS) is 20.1. The van der Waals surface area contributed by atoms with Gasteiger partial charge in [-0.3, -0.25) is 9.69 Å². The standard InChI is InChI=1S/C24H34FNO6/c1-23(2,3)12-10-21(27)32-22-26(17-8-9-20(28-5)19(25)15-17)18(16-29-22)7-6-11-24(4)30-13-14-31-24/h8-9,15-16,22H,6-7,10-14H2,1-5H3. The highest BCUT2D eigenvalue weighted by atomic mass is 19.1. The van der Waals surface area contributed by atoms with E-state index in [2.05, 4.69) is 20.8 Å². The molecule has 0 saturated carbocycles. The third-order valence-electron chi connectivity index (χ3n) is 5.53. The van der Waals surface area contributed by atoms with Crippen LogP contribution in [0.1, 0.15) is 59.8 Å². The van der Waals surface area contributed by atoms with Crippen molar-refractivity contribution in [1.82, 2.24) is 0 Å². The van der Waals surface area contributed by atoms with Crippen LogP contribution in [0.2, 0.25) is 0 Å². The molecular weight excluding hydrogens is 417 g/mol. The average Bonchev–Trinajstić information content (AvgIpc) is 3.32. The zero-order valence-corrected chi connectivity index (χ0v) is 19.6. The van der Waals surface area contributed by atoms with Crippen molar-refractivity contribution in [2.24, 2.45) is 5.41 Å². The molecule has 1 aromatic carbocycles. The Morgan fingerprint density at radius 3 is 2.62 bits per heavy atom. The van der Waals surface area contributed by atoms with E-state index in [-0.39, 0.29) is 23.6 Å². The van der Waals surface area contributed by atoms with Crippen LogP contribution < -0.4 is 9.64 Å². The van der Waals surface area contributed by atoms with E-state index in [4.69, 9.17) is 23.7 Å². The fourth-order valence-electron chi connectivity index (χ4n) is 3.68. The Balaban J connectivity index is 1.71. The van der Waals surface area contributed by atoms with Gasteiger partial charge in [-0.2, -0.15) is 0 Å². The quantitative estimate of drug-likeness (QED) is 0.484. The van der Waals surface area contributed by atoms with Gasteiger partial charge < -0.3 is 23.7 Å². The lowest BCUT2D eigenvalue weighted by atomic mass is 9.91. The minimum atomic E-state index is -0.986. The first-order valence-corrected chi connectivity index (χ1v) is 11.0. The molecule has 0 aliphatic carbocycles. The van der Waals surface area contributed by atoms with E-state index in [9.17, 15) is 9.18 Å². The van der Waals surface area contributed by atoms with Crippen LogP contribution in [0.3, 0.4) is 0 Å². The second-order valence-electron chi connectivity index (χ2n) is 9.48. The van der Waals surface area contributed by atoms with E-state index in [1.54, 1.807) is 23.3 Å². The highest BCUT2D eigenvalue weighted by Crippen LogP contribution is 2.35. The third kappa shape index (κ3) is 6.36. The number of nitrogens with zero attached hydrogens (tertiary/aromatic N) is 1. The number of hydrogen-bond acceptors (Lipinski definition) is 7. The highest BCUT2D eigenvalue weighted by molar-refractivity contribution is 5.70. The summed E-state index contributed by atoms with van der Waals surface area (Å²) < 4.78 is 42.1. The number of hydrogen-bond donors (Lipinski definition) is 0. The van der Waals surface area contributed by atoms with Crippen LogP contribution in [-0.4, -0.2) is 38.5 Å². The van der Waals surface area contributed by atoms with Gasteiger partial charge in [0.2, 0.25) is 0 Å². The van der Waals surface area contributed by atoms with Gasteiger partial charge in [-0.15, -0.1) is 0 Å². The minimum absolute atomic E-state index is 0.0122. The Bertz CT molecular complexity index is 828. The van der Waals surface area contributed by atoms with E-state index in [0.717, 1.165) is 12.1 Å². The van der Waals surface area contributed by atoms with Crippen molar-refractivity contribution < 1.29 is 32.9 Å². The number of benzene rings is 1. The summed E-state index contributed by atoms with van der Waals surface area (Å²) in [5, 5.41) is 0. The number of rotatable bonds is 9. The Labute approximate surface area is 189 Å². The Morgan fingerprint density at radius 1 is 1.28 bits per heavy atom. The number of methoxy groups -OCH3 is 1. The zero-order chi connectivity index (χ0) is 23.4. The van der Waals surface area contributed by atoms with Gasteiger partial charge in [-0.25, -0.2) is 4.39 Å². The molecule has 7 nitrogen and oxygen atoms in total. The van der Waals surface area contributed by atoms with Crippen LogP contribution >= 0.6 is 0 Å². The minimum Gasteiger partial charge on any atom is -0.494 e. The van der Waals surface area contributed by atoms with Crippen LogP contribution in [-0.2, 0) is 23.7 Å². The van der Waals surface area contributed by atoms with Crippen molar-refractivity contribution in [1.29, 1.82) is 0 Å². The molecule has 0 spiro atoms. The Kier molecular flexibility index (Phi) is 7.67. The van der Waals surface area contributed by atoms with Crippen molar-refractivity contribution in [3.63, 3.8) is 0 Å². The molecule has 0 amide bonds. The first kappa shape index (κ1) is 24.3. The van der Waals surface area contributed by atoms with Gasteiger partial charge in [0.15, 0.2) is 17.4 Å². The second-order valence-corrected chi connectivity index (χ2v) is 9.48. The number of carbonyl (C=O) groups is 1. The maximum absolute atomic E-state index is 14.4. The summed E-state index contributed by atoms with van der Waals surface area (Å²) >= 11 is 0. The van der Waals surface area contributed by atoms with Crippen LogP contribution in [0.25, 0.3) is 0 Å². The largest absolute Gasteiger partial charge is 0.494 e. The Hall–Kier alpha value is -2.32. The van der Waals surface area contributed by atoms with Gasteiger partial charge in [0.1, 0.15) is 6.26 Å². The maximum Gasteiger partial charge on any atom is 0.333 e. The summed E-state index contributed by atoms with van der Waals surface area (Å²) in [7, 11) is 1.41. The fourth-order valence-corrected chi connectivity index (χ4v) is 3.68. The lowest BCUT2D eigenvalue weighted by Crippen LogP contribution is -2.35. The second kappa shape index (κ2) is 10.1. The van der Waals surface area contributed by atoms with Crippen molar-refractivity contribution in [2.45, 2.75) is 72.0 Å². The molecule has 1 atom stereocenters.